The zero-order valence-electron chi connectivity index (χ0n) is 9.32. The Morgan fingerprint density at radius 3 is 2.81 bits per heavy atom. The van der Waals surface area contributed by atoms with E-state index < -0.39 is 0 Å². The van der Waals surface area contributed by atoms with Crippen molar-refractivity contribution in [3.8, 4) is 0 Å². The molecule has 0 bridgehead atoms. The van der Waals surface area contributed by atoms with Gasteiger partial charge in [-0.05, 0) is 19.4 Å². The second-order valence-electron chi connectivity index (χ2n) is 4.19. The van der Waals surface area contributed by atoms with Crippen LogP contribution in [0, 0.1) is 11.7 Å². The van der Waals surface area contributed by atoms with Crippen LogP contribution in [-0.4, -0.2) is 12.7 Å². The highest BCUT2D eigenvalue weighted by Crippen LogP contribution is 2.33. The van der Waals surface area contributed by atoms with Crippen molar-refractivity contribution in [2.24, 2.45) is 11.8 Å². The van der Waals surface area contributed by atoms with Gasteiger partial charge in [-0.3, -0.25) is 11.3 Å². The van der Waals surface area contributed by atoms with Crippen LogP contribution in [0.2, 0.25) is 0 Å². The number of hydrogen-bond acceptors (Lipinski definition) is 3. The number of ether oxygens (including phenoxy) is 1. The van der Waals surface area contributed by atoms with Gasteiger partial charge in [-0.1, -0.05) is 18.2 Å². The molecule has 1 saturated heterocycles. The molecule has 3 N–H and O–H groups in total. The fourth-order valence-electron chi connectivity index (χ4n) is 2.36. The molecule has 1 aliphatic rings. The summed E-state index contributed by atoms with van der Waals surface area (Å²) in [4.78, 5) is 0. The molecule has 1 heterocycles. The highest BCUT2D eigenvalue weighted by Gasteiger charge is 2.33. The molecule has 3 unspecified atom stereocenters. The van der Waals surface area contributed by atoms with Crippen LogP contribution in [-0.2, 0) is 4.74 Å². The number of rotatable bonds is 3. The van der Waals surface area contributed by atoms with Crippen LogP contribution in [0.15, 0.2) is 24.3 Å². The molecule has 88 valence electrons. The van der Waals surface area contributed by atoms with E-state index in [1.165, 1.54) is 6.07 Å². The van der Waals surface area contributed by atoms with E-state index in [1.54, 1.807) is 12.1 Å². The molecule has 1 aromatic carbocycles. The lowest BCUT2D eigenvalue weighted by atomic mass is 9.88. The summed E-state index contributed by atoms with van der Waals surface area (Å²) < 4.78 is 19.2. The fourth-order valence-corrected chi connectivity index (χ4v) is 2.36. The standard InChI is InChI=1S/C12H17FN2O/c1-8-9(6-7-16-8)12(15-14)10-4-2-3-5-11(10)13/h2-5,8-9,12,15H,6-7,14H2,1H3. The molecule has 1 aromatic rings. The third-order valence-electron chi connectivity index (χ3n) is 3.28. The van der Waals surface area contributed by atoms with Gasteiger partial charge in [0, 0.05) is 18.1 Å². The minimum absolute atomic E-state index is 0.112. The number of halogens is 1. The Morgan fingerprint density at radius 1 is 1.50 bits per heavy atom. The van der Waals surface area contributed by atoms with Crippen molar-refractivity contribution in [1.29, 1.82) is 0 Å². The maximum absolute atomic E-state index is 13.7. The number of hydrazine groups is 1. The summed E-state index contributed by atoms with van der Waals surface area (Å²) in [5, 5.41) is 0. The van der Waals surface area contributed by atoms with Crippen LogP contribution >= 0.6 is 0 Å². The van der Waals surface area contributed by atoms with E-state index in [1.807, 2.05) is 13.0 Å². The first-order chi connectivity index (χ1) is 7.74. The molecule has 16 heavy (non-hydrogen) atoms. The Labute approximate surface area is 94.8 Å². The lowest BCUT2D eigenvalue weighted by molar-refractivity contribution is 0.0949. The van der Waals surface area contributed by atoms with Gasteiger partial charge in [0.25, 0.3) is 0 Å². The third-order valence-corrected chi connectivity index (χ3v) is 3.28. The average Bonchev–Trinajstić information content (AvgIpc) is 2.69. The van der Waals surface area contributed by atoms with Gasteiger partial charge in [0.15, 0.2) is 0 Å². The van der Waals surface area contributed by atoms with E-state index in [2.05, 4.69) is 5.43 Å². The first-order valence-electron chi connectivity index (χ1n) is 5.56. The number of benzene rings is 1. The summed E-state index contributed by atoms with van der Waals surface area (Å²) in [6, 6.07) is 6.55. The first-order valence-corrected chi connectivity index (χ1v) is 5.56. The second kappa shape index (κ2) is 4.91. The normalized spacial score (nSPS) is 26.9. The first kappa shape index (κ1) is 11.5. The molecule has 2 rings (SSSR count). The lowest BCUT2D eigenvalue weighted by Crippen LogP contribution is -2.36. The van der Waals surface area contributed by atoms with E-state index in [-0.39, 0.29) is 23.9 Å². The third kappa shape index (κ3) is 2.09. The van der Waals surface area contributed by atoms with Gasteiger partial charge in [0.05, 0.1) is 12.1 Å². The molecule has 3 nitrogen and oxygen atoms in total. The van der Waals surface area contributed by atoms with Crippen molar-refractivity contribution in [3.05, 3.63) is 35.6 Å². The van der Waals surface area contributed by atoms with E-state index in [4.69, 9.17) is 10.6 Å². The molecule has 0 aromatic heterocycles. The smallest absolute Gasteiger partial charge is 0.128 e. The van der Waals surface area contributed by atoms with Gasteiger partial charge in [-0.25, -0.2) is 4.39 Å². The summed E-state index contributed by atoms with van der Waals surface area (Å²) >= 11 is 0. The van der Waals surface area contributed by atoms with Gasteiger partial charge < -0.3 is 4.74 Å². The maximum atomic E-state index is 13.7. The monoisotopic (exact) mass is 224 g/mol. The van der Waals surface area contributed by atoms with Gasteiger partial charge in [0.1, 0.15) is 5.82 Å². The van der Waals surface area contributed by atoms with Crippen LogP contribution in [0.4, 0.5) is 4.39 Å². The molecular weight excluding hydrogens is 207 g/mol. The van der Waals surface area contributed by atoms with Gasteiger partial charge in [0.2, 0.25) is 0 Å². The highest BCUT2D eigenvalue weighted by atomic mass is 19.1. The van der Waals surface area contributed by atoms with Gasteiger partial charge in [-0.15, -0.1) is 0 Å². The maximum Gasteiger partial charge on any atom is 0.128 e. The van der Waals surface area contributed by atoms with Crippen LogP contribution in [0.3, 0.4) is 0 Å². The van der Waals surface area contributed by atoms with E-state index in [0.717, 1.165) is 13.0 Å². The average molecular weight is 224 g/mol. The molecule has 4 heteroatoms. The molecule has 0 saturated carbocycles. The van der Waals surface area contributed by atoms with Gasteiger partial charge >= 0.3 is 0 Å². The summed E-state index contributed by atoms with van der Waals surface area (Å²) in [7, 11) is 0. The number of nitrogens with one attached hydrogen (secondary N) is 1. The SMILES string of the molecule is CC1OCCC1C(NN)c1ccccc1F. The summed E-state index contributed by atoms with van der Waals surface area (Å²) in [5.41, 5.74) is 3.33. The summed E-state index contributed by atoms with van der Waals surface area (Å²) in [6.45, 7) is 2.72. The molecular formula is C12H17FN2O. The van der Waals surface area contributed by atoms with Crippen LogP contribution in [0.5, 0.6) is 0 Å². The van der Waals surface area contributed by atoms with Crippen molar-refractivity contribution in [3.63, 3.8) is 0 Å². The number of hydrogen-bond donors (Lipinski definition) is 2. The Morgan fingerprint density at radius 2 is 2.25 bits per heavy atom. The van der Waals surface area contributed by atoms with E-state index >= 15 is 0 Å². The summed E-state index contributed by atoms with van der Waals surface area (Å²) in [6.07, 6.45) is 1.02. The van der Waals surface area contributed by atoms with Crippen molar-refractivity contribution in [2.75, 3.05) is 6.61 Å². The summed E-state index contributed by atoms with van der Waals surface area (Å²) in [5.74, 6) is 5.55. The topological polar surface area (TPSA) is 47.3 Å². The quantitative estimate of drug-likeness (QED) is 0.607. The molecule has 0 spiro atoms. The van der Waals surface area contributed by atoms with Crippen LogP contribution in [0.1, 0.15) is 24.9 Å². The molecule has 0 aliphatic carbocycles. The van der Waals surface area contributed by atoms with Crippen molar-refractivity contribution >= 4 is 0 Å². The van der Waals surface area contributed by atoms with Crippen LogP contribution < -0.4 is 11.3 Å². The van der Waals surface area contributed by atoms with Crippen molar-refractivity contribution in [2.45, 2.75) is 25.5 Å². The Kier molecular flexibility index (Phi) is 3.53. The predicted molar refractivity (Wildman–Crippen MR) is 60.0 cm³/mol. The Hall–Kier alpha value is -0.970. The van der Waals surface area contributed by atoms with E-state index in [0.29, 0.717) is 5.56 Å². The zero-order valence-corrected chi connectivity index (χ0v) is 9.32. The molecule has 3 atom stereocenters. The Bertz CT molecular complexity index is 359. The van der Waals surface area contributed by atoms with Crippen molar-refractivity contribution in [1.82, 2.24) is 5.43 Å². The number of nitrogens with two attached hydrogens (primary N) is 1. The predicted octanol–water partition coefficient (Wildman–Crippen LogP) is 1.76. The molecule has 0 amide bonds. The highest BCUT2D eigenvalue weighted by molar-refractivity contribution is 5.22. The minimum Gasteiger partial charge on any atom is -0.378 e. The fraction of sp³-hybridized carbons (Fsp3) is 0.500. The van der Waals surface area contributed by atoms with E-state index in [9.17, 15) is 4.39 Å². The zero-order chi connectivity index (χ0) is 11.5. The Balaban J connectivity index is 2.25. The lowest BCUT2D eigenvalue weighted by Gasteiger charge is -2.25. The molecule has 1 fully saturated rings. The van der Waals surface area contributed by atoms with Crippen LogP contribution in [0.25, 0.3) is 0 Å². The second-order valence-corrected chi connectivity index (χ2v) is 4.19. The molecule has 0 radical (unpaired) electrons. The largest absolute Gasteiger partial charge is 0.378 e. The minimum atomic E-state index is -0.218. The van der Waals surface area contributed by atoms with Crippen molar-refractivity contribution < 1.29 is 9.13 Å². The van der Waals surface area contributed by atoms with Gasteiger partial charge in [-0.2, -0.15) is 0 Å². The molecule has 1 aliphatic heterocycles.